The number of rotatable bonds is 7. The van der Waals surface area contributed by atoms with Gasteiger partial charge in [-0.05, 0) is 12.3 Å². The molecule has 0 saturated carbocycles. The molecule has 1 heterocycles. The first-order valence-corrected chi connectivity index (χ1v) is 6.51. The summed E-state index contributed by atoms with van der Waals surface area (Å²) in [6, 6.07) is 0.584. The molecule has 0 aliphatic carbocycles. The molecule has 0 aromatic carbocycles. The highest BCUT2D eigenvalue weighted by molar-refractivity contribution is 4.80. The fourth-order valence-corrected chi connectivity index (χ4v) is 2.11. The Bertz CT molecular complexity index is 186. The second-order valence-electron chi connectivity index (χ2n) is 4.92. The summed E-state index contributed by atoms with van der Waals surface area (Å²) in [5, 5.41) is 7.01. The van der Waals surface area contributed by atoms with Crippen LogP contribution < -0.4 is 10.6 Å². The van der Waals surface area contributed by atoms with Crippen LogP contribution in [0.2, 0.25) is 0 Å². The van der Waals surface area contributed by atoms with Crippen LogP contribution in [0.15, 0.2) is 12.7 Å². The Morgan fingerprint density at radius 2 is 2.06 bits per heavy atom. The number of hydrogen-bond donors (Lipinski definition) is 2. The Balaban J connectivity index is 2.13. The van der Waals surface area contributed by atoms with E-state index in [9.17, 15) is 0 Å². The van der Waals surface area contributed by atoms with Crippen LogP contribution in [0.1, 0.15) is 20.3 Å². The van der Waals surface area contributed by atoms with Crippen molar-refractivity contribution >= 4 is 0 Å². The zero-order valence-electron chi connectivity index (χ0n) is 10.8. The van der Waals surface area contributed by atoms with Crippen molar-refractivity contribution in [3.05, 3.63) is 12.7 Å². The van der Waals surface area contributed by atoms with Gasteiger partial charge in [-0.3, -0.25) is 4.90 Å². The van der Waals surface area contributed by atoms with Crippen molar-refractivity contribution in [1.82, 2.24) is 15.5 Å². The predicted octanol–water partition coefficient (Wildman–Crippen LogP) is 1.08. The summed E-state index contributed by atoms with van der Waals surface area (Å²) in [4.78, 5) is 2.52. The first-order valence-electron chi connectivity index (χ1n) is 6.51. The molecule has 1 saturated heterocycles. The molecule has 1 fully saturated rings. The van der Waals surface area contributed by atoms with Crippen LogP contribution in [0.25, 0.3) is 0 Å². The van der Waals surface area contributed by atoms with Crippen molar-refractivity contribution in [2.75, 3.05) is 39.3 Å². The first-order chi connectivity index (χ1) is 7.74. The molecule has 0 unspecified atom stereocenters. The van der Waals surface area contributed by atoms with E-state index >= 15 is 0 Å². The number of hydrogen-bond acceptors (Lipinski definition) is 3. The molecule has 3 nitrogen and oxygen atoms in total. The quantitative estimate of drug-likeness (QED) is 0.635. The minimum atomic E-state index is 0.584. The Labute approximate surface area is 100 Å². The van der Waals surface area contributed by atoms with Gasteiger partial charge in [0, 0.05) is 45.3 Å². The summed E-state index contributed by atoms with van der Waals surface area (Å²) in [6.07, 6.45) is 3.09. The maximum atomic E-state index is 3.82. The molecular weight excluding hydrogens is 198 g/mol. The van der Waals surface area contributed by atoms with Gasteiger partial charge in [0.2, 0.25) is 0 Å². The summed E-state index contributed by atoms with van der Waals surface area (Å²) in [5.74, 6) is 0.682. The van der Waals surface area contributed by atoms with Crippen LogP contribution in [-0.2, 0) is 0 Å². The fourth-order valence-electron chi connectivity index (χ4n) is 2.11. The fraction of sp³-hybridized carbons (Fsp3) is 0.846. The second kappa shape index (κ2) is 7.82. The molecule has 0 radical (unpaired) electrons. The van der Waals surface area contributed by atoms with E-state index in [0.29, 0.717) is 12.0 Å². The monoisotopic (exact) mass is 225 g/mol. The van der Waals surface area contributed by atoms with Crippen LogP contribution in [0.3, 0.4) is 0 Å². The Hall–Kier alpha value is -0.380. The molecule has 2 N–H and O–H groups in total. The van der Waals surface area contributed by atoms with Gasteiger partial charge >= 0.3 is 0 Å². The molecule has 1 atom stereocenters. The molecular formula is C13H27N3. The molecule has 0 amide bonds. The third kappa shape index (κ3) is 5.10. The van der Waals surface area contributed by atoms with Crippen LogP contribution in [0.4, 0.5) is 0 Å². The zero-order chi connectivity index (χ0) is 11.8. The van der Waals surface area contributed by atoms with Crippen LogP contribution in [0, 0.1) is 5.92 Å². The molecule has 0 spiro atoms. The van der Waals surface area contributed by atoms with Gasteiger partial charge in [-0.25, -0.2) is 0 Å². The van der Waals surface area contributed by atoms with E-state index in [0.717, 1.165) is 26.1 Å². The third-order valence-corrected chi connectivity index (χ3v) is 3.27. The Kier molecular flexibility index (Phi) is 6.69. The molecule has 16 heavy (non-hydrogen) atoms. The number of piperazine rings is 1. The van der Waals surface area contributed by atoms with E-state index in [1.54, 1.807) is 0 Å². The normalized spacial score (nSPS) is 19.9. The molecule has 94 valence electrons. The molecule has 3 heteroatoms. The SMILES string of the molecule is C=CC[C@H](NCCN1CCNCC1)C(C)C. The topological polar surface area (TPSA) is 27.3 Å². The lowest BCUT2D eigenvalue weighted by molar-refractivity contribution is 0.234. The van der Waals surface area contributed by atoms with Gasteiger partial charge in [-0.2, -0.15) is 0 Å². The standard InChI is InChI=1S/C13H27N3/c1-4-5-13(12(2)3)15-8-11-16-9-6-14-7-10-16/h4,12-15H,1,5-11H2,2-3H3/t13-/m0/s1. The van der Waals surface area contributed by atoms with E-state index in [-0.39, 0.29) is 0 Å². The molecule has 1 rings (SSSR count). The van der Waals surface area contributed by atoms with E-state index in [1.165, 1.54) is 19.6 Å². The van der Waals surface area contributed by atoms with Gasteiger partial charge in [0.15, 0.2) is 0 Å². The Morgan fingerprint density at radius 1 is 1.38 bits per heavy atom. The van der Waals surface area contributed by atoms with Crippen molar-refractivity contribution in [2.24, 2.45) is 5.92 Å². The highest BCUT2D eigenvalue weighted by Gasteiger charge is 2.12. The predicted molar refractivity (Wildman–Crippen MR) is 70.8 cm³/mol. The average molecular weight is 225 g/mol. The van der Waals surface area contributed by atoms with Gasteiger partial charge < -0.3 is 10.6 Å². The summed E-state index contributed by atoms with van der Waals surface area (Å²) in [7, 11) is 0. The molecule has 1 aliphatic heterocycles. The summed E-state index contributed by atoms with van der Waals surface area (Å²) in [6.45, 7) is 15.3. The highest BCUT2D eigenvalue weighted by atomic mass is 15.2. The largest absolute Gasteiger partial charge is 0.314 e. The van der Waals surface area contributed by atoms with Gasteiger partial charge in [0.05, 0.1) is 0 Å². The minimum Gasteiger partial charge on any atom is -0.314 e. The van der Waals surface area contributed by atoms with E-state index in [4.69, 9.17) is 0 Å². The van der Waals surface area contributed by atoms with Crippen LogP contribution in [-0.4, -0.2) is 50.2 Å². The first kappa shape index (κ1) is 13.7. The third-order valence-electron chi connectivity index (χ3n) is 3.27. The maximum Gasteiger partial charge on any atom is 0.0125 e. The molecule has 0 bridgehead atoms. The van der Waals surface area contributed by atoms with E-state index in [1.807, 2.05) is 6.08 Å². The van der Waals surface area contributed by atoms with E-state index in [2.05, 4.69) is 36.0 Å². The van der Waals surface area contributed by atoms with Crippen molar-refractivity contribution in [3.8, 4) is 0 Å². The lowest BCUT2D eigenvalue weighted by atomic mass is 10.0. The van der Waals surface area contributed by atoms with Crippen LogP contribution >= 0.6 is 0 Å². The lowest BCUT2D eigenvalue weighted by Crippen LogP contribution is -2.47. The van der Waals surface area contributed by atoms with Crippen molar-refractivity contribution in [2.45, 2.75) is 26.3 Å². The van der Waals surface area contributed by atoms with E-state index < -0.39 is 0 Å². The summed E-state index contributed by atoms with van der Waals surface area (Å²) < 4.78 is 0. The van der Waals surface area contributed by atoms with Crippen molar-refractivity contribution in [1.29, 1.82) is 0 Å². The zero-order valence-corrected chi connectivity index (χ0v) is 10.8. The minimum absolute atomic E-state index is 0.584. The molecule has 0 aromatic heterocycles. The average Bonchev–Trinajstić information content (AvgIpc) is 2.29. The summed E-state index contributed by atoms with van der Waals surface area (Å²) in [5.41, 5.74) is 0. The Morgan fingerprint density at radius 3 is 2.62 bits per heavy atom. The maximum absolute atomic E-state index is 3.82. The van der Waals surface area contributed by atoms with Crippen molar-refractivity contribution < 1.29 is 0 Å². The van der Waals surface area contributed by atoms with Crippen LogP contribution in [0.5, 0.6) is 0 Å². The number of nitrogens with zero attached hydrogens (tertiary/aromatic N) is 1. The van der Waals surface area contributed by atoms with Gasteiger partial charge in [0.1, 0.15) is 0 Å². The van der Waals surface area contributed by atoms with Gasteiger partial charge in [0.25, 0.3) is 0 Å². The smallest absolute Gasteiger partial charge is 0.0125 e. The van der Waals surface area contributed by atoms with Crippen molar-refractivity contribution in [3.63, 3.8) is 0 Å². The molecule has 0 aromatic rings. The lowest BCUT2D eigenvalue weighted by Gasteiger charge is -2.28. The summed E-state index contributed by atoms with van der Waals surface area (Å²) >= 11 is 0. The number of nitrogens with one attached hydrogen (secondary N) is 2. The molecule has 1 aliphatic rings. The highest BCUT2D eigenvalue weighted by Crippen LogP contribution is 2.06. The van der Waals surface area contributed by atoms with Gasteiger partial charge in [-0.15, -0.1) is 6.58 Å². The second-order valence-corrected chi connectivity index (χ2v) is 4.92. The van der Waals surface area contributed by atoms with Gasteiger partial charge in [-0.1, -0.05) is 19.9 Å².